The summed E-state index contributed by atoms with van der Waals surface area (Å²) >= 11 is 9.55. The Morgan fingerprint density at radius 1 is 0.976 bits per heavy atom. The van der Waals surface area contributed by atoms with Crippen molar-refractivity contribution in [2.45, 2.75) is 26.9 Å². The number of anilines is 1. The molecular formula is C31H28BrClN2O6. The third-order valence-electron chi connectivity index (χ3n) is 6.00. The molecule has 4 rings (SSSR count). The van der Waals surface area contributed by atoms with Gasteiger partial charge in [-0.3, -0.25) is 14.9 Å². The monoisotopic (exact) mass is 638 g/mol. The van der Waals surface area contributed by atoms with Gasteiger partial charge >= 0.3 is 6.03 Å². The van der Waals surface area contributed by atoms with Gasteiger partial charge in [0.2, 0.25) is 0 Å². The van der Waals surface area contributed by atoms with E-state index in [4.69, 9.17) is 25.8 Å². The van der Waals surface area contributed by atoms with Crippen LogP contribution in [-0.4, -0.2) is 31.1 Å². The van der Waals surface area contributed by atoms with Crippen LogP contribution >= 0.6 is 27.5 Å². The third-order valence-corrected chi connectivity index (χ3v) is 6.84. The van der Waals surface area contributed by atoms with Crippen LogP contribution in [0.15, 0.2) is 77.3 Å². The standard InChI is InChI=1S/C31H28BrClN2O6/c1-4-7-21-14-20(16-25(32)28(21)41-18-19-8-10-22(33)11-9-19)15-24-29(36)34-31(38)35(30(24)37)26-17-23(39-5-2)12-13-27(26)40-6-3/h4,8-17H,1,5-7,18H2,2-3H3,(H,34,36,38)/b24-15+. The van der Waals surface area contributed by atoms with Crippen LogP contribution in [-0.2, 0) is 22.6 Å². The molecule has 1 N–H and O–H groups in total. The van der Waals surface area contributed by atoms with Crippen molar-refractivity contribution in [3.05, 3.63) is 99.0 Å². The fourth-order valence-corrected chi connectivity index (χ4v) is 4.97. The molecule has 8 nitrogen and oxygen atoms in total. The number of barbiturate groups is 1. The maximum atomic E-state index is 13.6. The largest absolute Gasteiger partial charge is 0.494 e. The Kier molecular flexibility index (Phi) is 9.86. The number of nitrogens with zero attached hydrogens (tertiary/aromatic N) is 1. The lowest BCUT2D eigenvalue weighted by molar-refractivity contribution is -0.122. The van der Waals surface area contributed by atoms with E-state index in [1.165, 1.54) is 12.1 Å². The van der Waals surface area contributed by atoms with Crippen LogP contribution in [0.5, 0.6) is 17.2 Å². The molecule has 1 aliphatic heterocycles. The van der Waals surface area contributed by atoms with Gasteiger partial charge in [-0.2, -0.15) is 0 Å². The SMILES string of the molecule is C=CCc1cc(/C=C2\C(=O)NC(=O)N(c3cc(OCC)ccc3OCC)C2=O)cc(Br)c1OCc1ccc(Cl)cc1. The average Bonchev–Trinajstić information content (AvgIpc) is 2.93. The molecule has 1 aliphatic rings. The first-order valence-corrected chi connectivity index (χ1v) is 14.0. The molecule has 10 heteroatoms. The van der Waals surface area contributed by atoms with E-state index in [2.05, 4.69) is 27.8 Å². The summed E-state index contributed by atoms with van der Waals surface area (Å²) in [5.41, 5.74) is 2.22. The summed E-state index contributed by atoms with van der Waals surface area (Å²) < 4.78 is 18.0. The summed E-state index contributed by atoms with van der Waals surface area (Å²) in [6, 6.07) is 14.8. The number of imide groups is 2. The predicted molar refractivity (Wildman–Crippen MR) is 162 cm³/mol. The minimum atomic E-state index is -0.883. The zero-order valence-corrected chi connectivity index (χ0v) is 24.9. The number of amides is 4. The number of carbonyl (C=O) groups excluding carboxylic acids is 3. The molecule has 0 aliphatic carbocycles. The zero-order chi connectivity index (χ0) is 29.5. The minimum Gasteiger partial charge on any atom is -0.494 e. The molecule has 0 saturated carbocycles. The number of rotatable bonds is 11. The molecule has 1 saturated heterocycles. The Bertz CT molecular complexity index is 1520. The molecule has 0 aromatic heterocycles. The molecule has 0 radical (unpaired) electrons. The minimum absolute atomic E-state index is 0.165. The fraction of sp³-hybridized carbons (Fsp3) is 0.194. The number of urea groups is 1. The molecule has 0 unspecified atom stereocenters. The van der Waals surface area contributed by atoms with Gasteiger partial charge < -0.3 is 14.2 Å². The van der Waals surface area contributed by atoms with E-state index in [1.54, 1.807) is 49.4 Å². The number of hydrogen-bond donors (Lipinski definition) is 1. The van der Waals surface area contributed by atoms with Gasteiger partial charge in [0.15, 0.2) is 0 Å². The predicted octanol–water partition coefficient (Wildman–Crippen LogP) is 6.87. The summed E-state index contributed by atoms with van der Waals surface area (Å²) in [6.45, 7) is 8.44. The van der Waals surface area contributed by atoms with Crippen LogP contribution in [0.2, 0.25) is 5.02 Å². The highest BCUT2D eigenvalue weighted by atomic mass is 79.9. The molecule has 0 spiro atoms. The van der Waals surface area contributed by atoms with Crippen LogP contribution in [0.1, 0.15) is 30.5 Å². The van der Waals surface area contributed by atoms with E-state index >= 15 is 0 Å². The van der Waals surface area contributed by atoms with Gasteiger partial charge in [-0.25, -0.2) is 9.69 Å². The molecule has 212 valence electrons. The topological polar surface area (TPSA) is 94.2 Å². The van der Waals surface area contributed by atoms with Crippen molar-refractivity contribution in [3.63, 3.8) is 0 Å². The van der Waals surface area contributed by atoms with E-state index < -0.39 is 17.8 Å². The van der Waals surface area contributed by atoms with E-state index in [-0.39, 0.29) is 11.3 Å². The Morgan fingerprint density at radius 3 is 2.39 bits per heavy atom. The highest BCUT2D eigenvalue weighted by Gasteiger charge is 2.38. The number of benzene rings is 3. The van der Waals surface area contributed by atoms with Gasteiger partial charge in [0.1, 0.15) is 29.4 Å². The second-order valence-corrected chi connectivity index (χ2v) is 10.1. The quantitative estimate of drug-likeness (QED) is 0.140. The van der Waals surface area contributed by atoms with Gasteiger partial charge in [0.05, 0.1) is 23.4 Å². The van der Waals surface area contributed by atoms with Gasteiger partial charge in [-0.1, -0.05) is 29.8 Å². The van der Waals surface area contributed by atoms with Gasteiger partial charge in [0.25, 0.3) is 11.8 Å². The van der Waals surface area contributed by atoms with Crippen LogP contribution < -0.4 is 24.4 Å². The first-order chi connectivity index (χ1) is 19.7. The zero-order valence-electron chi connectivity index (χ0n) is 22.5. The van der Waals surface area contributed by atoms with E-state index in [0.717, 1.165) is 16.0 Å². The van der Waals surface area contributed by atoms with Crippen LogP contribution in [0.25, 0.3) is 6.08 Å². The Morgan fingerprint density at radius 2 is 1.71 bits per heavy atom. The van der Waals surface area contributed by atoms with Gasteiger partial charge in [-0.05, 0) is 95.4 Å². The maximum absolute atomic E-state index is 13.6. The summed E-state index contributed by atoms with van der Waals surface area (Å²) in [5.74, 6) is -0.253. The molecule has 0 bridgehead atoms. The van der Waals surface area contributed by atoms with Crippen molar-refractivity contribution >= 4 is 57.1 Å². The third kappa shape index (κ3) is 6.99. The maximum Gasteiger partial charge on any atom is 0.336 e. The van der Waals surface area contributed by atoms with Crippen molar-refractivity contribution in [2.24, 2.45) is 0 Å². The van der Waals surface area contributed by atoms with Crippen molar-refractivity contribution in [2.75, 3.05) is 18.1 Å². The number of allylic oxidation sites excluding steroid dienone is 1. The highest BCUT2D eigenvalue weighted by Crippen LogP contribution is 2.36. The summed E-state index contributed by atoms with van der Waals surface area (Å²) in [5, 5.41) is 2.89. The van der Waals surface area contributed by atoms with E-state index in [0.29, 0.717) is 58.5 Å². The number of hydrogen-bond acceptors (Lipinski definition) is 6. The number of ether oxygens (including phenoxy) is 3. The van der Waals surface area contributed by atoms with Crippen molar-refractivity contribution in [1.29, 1.82) is 0 Å². The smallest absolute Gasteiger partial charge is 0.336 e. The summed E-state index contributed by atoms with van der Waals surface area (Å²) in [7, 11) is 0. The first kappa shape index (κ1) is 29.9. The van der Waals surface area contributed by atoms with Crippen LogP contribution in [0, 0.1) is 0 Å². The highest BCUT2D eigenvalue weighted by molar-refractivity contribution is 9.10. The van der Waals surface area contributed by atoms with E-state index in [9.17, 15) is 14.4 Å². The molecule has 0 atom stereocenters. The lowest BCUT2D eigenvalue weighted by atomic mass is 10.0. The summed E-state index contributed by atoms with van der Waals surface area (Å²) in [4.78, 5) is 40.3. The molecular weight excluding hydrogens is 612 g/mol. The van der Waals surface area contributed by atoms with Crippen LogP contribution in [0.4, 0.5) is 10.5 Å². The molecule has 41 heavy (non-hydrogen) atoms. The molecule has 3 aromatic carbocycles. The number of halogens is 2. The lowest BCUT2D eigenvalue weighted by Gasteiger charge is -2.28. The fourth-order valence-electron chi connectivity index (χ4n) is 4.21. The second-order valence-electron chi connectivity index (χ2n) is 8.85. The summed E-state index contributed by atoms with van der Waals surface area (Å²) in [6.07, 6.45) is 3.63. The first-order valence-electron chi connectivity index (χ1n) is 12.9. The van der Waals surface area contributed by atoms with Crippen molar-refractivity contribution in [1.82, 2.24) is 5.32 Å². The van der Waals surface area contributed by atoms with Crippen molar-refractivity contribution < 1.29 is 28.6 Å². The second kappa shape index (κ2) is 13.5. The van der Waals surface area contributed by atoms with Gasteiger partial charge in [-0.15, -0.1) is 6.58 Å². The average molecular weight is 640 g/mol. The van der Waals surface area contributed by atoms with E-state index in [1.807, 2.05) is 19.1 Å². The number of carbonyl (C=O) groups is 3. The number of nitrogens with one attached hydrogen (secondary N) is 1. The Labute approximate surface area is 251 Å². The molecule has 3 aromatic rings. The molecule has 1 fully saturated rings. The lowest BCUT2D eigenvalue weighted by Crippen LogP contribution is -2.54. The molecule has 4 amide bonds. The molecule has 1 heterocycles. The van der Waals surface area contributed by atoms with Gasteiger partial charge in [0, 0.05) is 11.1 Å². The van der Waals surface area contributed by atoms with Crippen molar-refractivity contribution in [3.8, 4) is 17.2 Å². The normalized spacial score (nSPS) is 14.2. The Balaban J connectivity index is 1.69. The Hall–Kier alpha value is -4.08. The van der Waals surface area contributed by atoms with Crippen LogP contribution in [0.3, 0.4) is 0 Å².